The molecule has 1 aromatic heterocycles. The second-order valence-electron chi connectivity index (χ2n) is 5.95. The molecule has 0 unspecified atom stereocenters. The Bertz CT molecular complexity index is 663. The summed E-state index contributed by atoms with van der Waals surface area (Å²) in [5, 5.41) is 5.66. The van der Waals surface area contributed by atoms with Crippen LogP contribution < -0.4 is 10.1 Å². The van der Waals surface area contributed by atoms with Crippen LogP contribution in [-0.4, -0.2) is 24.5 Å². The molecule has 4 nitrogen and oxygen atoms in total. The van der Waals surface area contributed by atoms with E-state index in [0.717, 1.165) is 22.9 Å². The first kappa shape index (κ1) is 16.0. The minimum Gasteiger partial charge on any atom is -0.496 e. The standard InChI is InChI=1S/C18H22N2O2S/c1-22-16-10-6-5-9-14(16)18-20-15(12-23-18)17(21)19-11-13-7-3-2-4-8-13/h5-6,9-10,12-13H,2-4,7-8,11H2,1H3,(H,19,21). The van der Waals surface area contributed by atoms with Crippen molar-refractivity contribution in [3.8, 4) is 16.3 Å². The van der Waals surface area contributed by atoms with Gasteiger partial charge in [0.2, 0.25) is 0 Å². The Labute approximate surface area is 140 Å². The van der Waals surface area contributed by atoms with Crippen molar-refractivity contribution in [2.45, 2.75) is 32.1 Å². The van der Waals surface area contributed by atoms with Crippen molar-refractivity contribution in [2.75, 3.05) is 13.7 Å². The number of methoxy groups -OCH3 is 1. The van der Waals surface area contributed by atoms with Crippen LogP contribution in [0, 0.1) is 5.92 Å². The van der Waals surface area contributed by atoms with E-state index in [0.29, 0.717) is 11.6 Å². The van der Waals surface area contributed by atoms with E-state index in [9.17, 15) is 4.79 Å². The third kappa shape index (κ3) is 3.91. The second kappa shape index (κ2) is 7.59. The first-order chi connectivity index (χ1) is 11.3. The summed E-state index contributed by atoms with van der Waals surface area (Å²) < 4.78 is 5.36. The first-order valence-corrected chi connectivity index (χ1v) is 9.03. The largest absolute Gasteiger partial charge is 0.496 e. The lowest BCUT2D eigenvalue weighted by Gasteiger charge is -2.21. The van der Waals surface area contributed by atoms with Gasteiger partial charge in [0.25, 0.3) is 5.91 Å². The van der Waals surface area contributed by atoms with E-state index in [1.54, 1.807) is 7.11 Å². The van der Waals surface area contributed by atoms with Crippen molar-refractivity contribution >= 4 is 17.2 Å². The van der Waals surface area contributed by atoms with Gasteiger partial charge in [-0.2, -0.15) is 0 Å². The van der Waals surface area contributed by atoms with E-state index in [-0.39, 0.29) is 5.91 Å². The van der Waals surface area contributed by atoms with Gasteiger partial charge in [0.05, 0.1) is 12.7 Å². The average molecular weight is 330 g/mol. The van der Waals surface area contributed by atoms with Crippen LogP contribution in [0.1, 0.15) is 42.6 Å². The van der Waals surface area contributed by atoms with Crippen LogP contribution >= 0.6 is 11.3 Å². The van der Waals surface area contributed by atoms with Crippen LogP contribution in [0.2, 0.25) is 0 Å². The zero-order chi connectivity index (χ0) is 16.1. The number of hydrogen-bond donors (Lipinski definition) is 1. The fourth-order valence-electron chi connectivity index (χ4n) is 3.04. The Morgan fingerprint density at radius 2 is 2.09 bits per heavy atom. The number of benzene rings is 1. The van der Waals surface area contributed by atoms with E-state index in [1.807, 2.05) is 29.6 Å². The quantitative estimate of drug-likeness (QED) is 0.897. The molecule has 1 amide bonds. The monoisotopic (exact) mass is 330 g/mol. The molecule has 1 aliphatic carbocycles. The molecule has 0 radical (unpaired) electrons. The van der Waals surface area contributed by atoms with Crippen LogP contribution in [0.25, 0.3) is 10.6 Å². The van der Waals surface area contributed by atoms with Crippen molar-refractivity contribution < 1.29 is 9.53 Å². The van der Waals surface area contributed by atoms with Crippen molar-refractivity contribution in [1.29, 1.82) is 0 Å². The Kier molecular flexibility index (Phi) is 5.28. The summed E-state index contributed by atoms with van der Waals surface area (Å²) >= 11 is 1.47. The molecule has 1 N–H and O–H groups in total. The van der Waals surface area contributed by atoms with Crippen molar-refractivity contribution in [3.63, 3.8) is 0 Å². The second-order valence-corrected chi connectivity index (χ2v) is 6.81. The highest BCUT2D eigenvalue weighted by atomic mass is 32.1. The lowest BCUT2D eigenvalue weighted by Crippen LogP contribution is -2.30. The van der Waals surface area contributed by atoms with Crippen LogP contribution in [-0.2, 0) is 0 Å². The summed E-state index contributed by atoms with van der Waals surface area (Å²) in [7, 11) is 1.64. The Morgan fingerprint density at radius 1 is 1.30 bits per heavy atom. The minimum atomic E-state index is -0.0760. The number of nitrogens with one attached hydrogen (secondary N) is 1. The van der Waals surface area contributed by atoms with E-state index in [4.69, 9.17) is 4.74 Å². The lowest BCUT2D eigenvalue weighted by molar-refractivity contribution is 0.0939. The third-order valence-corrected chi connectivity index (χ3v) is 5.23. The number of amides is 1. The maximum atomic E-state index is 12.3. The number of nitrogens with zero attached hydrogens (tertiary/aromatic N) is 1. The number of para-hydroxylation sites is 1. The molecule has 0 spiro atoms. The molecule has 1 fully saturated rings. The zero-order valence-corrected chi connectivity index (χ0v) is 14.2. The number of rotatable bonds is 5. The van der Waals surface area contributed by atoms with Gasteiger partial charge in [-0.05, 0) is 30.9 Å². The molecular formula is C18H22N2O2S. The van der Waals surface area contributed by atoms with Gasteiger partial charge in [-0.15, -0.1) is 11.3 Å². The molecular weight excluding hydrogens is 308 g/mol. The van der Waals surface area contributed by atoms with E-state index < -0.39 is 0 Å². The molecule has 23 heavy (non-hydrogen) atoms. The summed E-state index contributed by atoms with van der Waals surface area (Å²) in [6, 6.07) is 7.73. The number of carbonyl (C=O) groups excluding carboxylic acids is 1. The molecule has 1 saturated carbocycles. The number of aromatic nitrogens is 1. The fraction of sp³-hybridized carbons (Fsp3) is 0.444. The molecule has 122 valence electrons. The first-order valence-electron chi connectivity index (χ1n) is 8.15. The summed E-state index contributed by atoms with van der Waals surface area (Å²) in [4.78, 5) is 16.8. The Morgan fingerprint density at radius 3 is 2.87 bits per heavy atom. The fourth-order valence-corrected chi connectivity index (χ4v) is 3.87. The predicted octanol–water partition coefficient (Wildman–Crippen LogP) is 4.13. The van der Waals surface area contributed by atoms with Crippen molar-refractivity contribution in [3.05, 3.63) is 35.3 Å². The van der Waals surface area contributed by atoms with Crippen LogP contribution in [0.4, 0.5) is 0 Å². The molecule has 0 saturated heterocycles. The molecule has 1 aromatic carbocycles. The van der Waals surface area contributed by atoms with Crippen molar-refractivity contribution in [1.82, 2.24) is 10.3 Å². The molecule has 5 heteroatoms. The highest BCUT2D eigenvalue weighted by Gasteiger charge is 2.17. The topological polar surface area (TPSA) is 51.2 Å². The Hall–Kier alpha value is -1.88. The maximum absolute atomic E-state index is 12.3. The van der Waals surface area contributed by atoms with Gasteiger partial charge in [-0.3, -0.25) is 4.79 Å². The van der Waals surface area contributed by atoms with Gasteiger partial charge < -0.3 is 10.1 Å². The van der Waals surface area contributed by atoms with E-state index >= 15 is 0 Å². The molecule has 0 atom stereocenters. The van der Waals surface area contributed by atoms with E-state index in [2.05, 4.69) is 10.3 Å². The van der Waals surface area contributed by atoms with Gasteiger partial charge in [0.1, 0.15) is 16.5 Å². The van der Waals surface area contributed by atoms with Gasteiger partial charge in [-0.25, -0.2) is 4.98 Å². The van der Waals surface area contributed by atoms with Crippen LogP contribution in [0.3, 0.4) is 0 Å². The third-order valence-electron chi connectivity index (χ3n) is 4.35. The molecule has 2 aromatic rings. The molecule has 3 rings (SSSR count). The molecule has 0 aliphatic heterocycles. The maximum Gasteiger partial charge on any atom is 0.270 e. The smallest absolute Gasteiger partial charge is 0.270 e. The summed E-state index contributed by atoms with van der Waals surface area (Å²) in [6.45, 7) is 0.764. The molecule has 1 heterocycles. The van der Waals surface area contributed by atoms with Gasteiger partial charge in [0.15, 0.2) is 0 Å². The highest BCUT2D eigenvalue weighted by molar-refractivity contribution is 7.13. The number of thiazole rings is 1. The number of ether oxygens (including phenoxy) is 1. The van der Waals surface area contributed by atoms with Gasteiger partial charge >= 0.3 is 0 Å². The summed E-state index contributed by atoms with van der Waals surface area (Å²) in [5.41, 5.74) is 1.41. The van der Waals surface area contributed by atoms with Gasteiger partial charge in [-0.1, -0.05) is 31.4 Å². The zero-order valence-electron chi connectivity index (χ0n) is 13.4. The minimum absolute atomic E-state index is 0.0760. The predicted molar refractivity (Wildman–Crippen MR) is 93.0 cm³/mol. The lowest BCUT2D eigenvalue weighted by atomic mass is 9.89. The average Bonchev–Trinajstić information content (AvgIpc) is 3.10. The summed E-state index contributed by atoms with van der Waals surface area (Å²) in [6.07, 6.45) is 6.36. The highest BCUT2D eigenvalue weighted by Crippen LogP contribution is 2.31. The molecule has 0 bridgehead atoms. The SMILES string of the molecule is COc1ccccc1-c1nc(C(=O)NCC2CCCCC2)cs1. The Balaban J connectivity index is 1.65. The van der Waals surface area contributed by atoms with Crippen molar-refractivity contribution in [2.24, 2.45) is 5.92 Å². The van der Waals surface area contributed by atoms with E-state index in [1.165, 1.54) is 43.4 Å². The van der Waals surface area contributed by atoms with Crippen LogP contribution in [0.5, 0.6) is 5.75 Å². The number of carbonyl (C=O) groups is 1. The summed E-state index contributed by atoms with van der Waals surface area (Å²) in [5.74, 6) is 1.32. The van der Waals surface area contributed by atoms with Crippen LogP contribution in [0.15, 0.2) is 29.6 Å². The van der Waals surface area contributed by atoms with Gasteiger partial charge in [0, 0.05) is 11.9 Å². The molecule has 1 aliphatic rings. The normalized spacial score (nSPS) is 15.3. The number of hydrogen-bond acceptors (Lipinski definition) is 4.